The summed E-state index contributed by atoms with van der Waals surface area (Å²) in [5, 5.41) is 12.8. The van der Waals surface area contributed by atoms with Crippen LogP contribution in [0.5, 0.6) is 0 Å². The molecule has 5 heteroatoms. The van der Waals surface area contributed by atoms with Gasteiger partial charge in [-0.05, 0) is 30.7 Å². The molecule has 2 aromatic carbocycles. The Hall–Kier alpha value is -3.08. The van der Waals surface area contributed by atoms with Gasteiger partial charge in [-0.25, -0.2) is 4.79 Å². The van der Waals surface area contributed by atoms with E-state index < -0.39 is 0 Å². The van der Waals surface area contributed by atoms with Gasteiger partial charge in [-0.2, -0.15) is 5.10 Å². The molecule has 23 heavy (non-hydrogen) atoms. The third-order valence-corrected chi connectivity index (χ3v) is 3.42. The standard InChI is InChI=1S/C18H18N4O/c1-13-10-17(22-21-13)15-8-5-9-16(11-15)20-18(23)19-12-14-6-3-2-4-7-14/h2-11H,12H2,1H3,(H,21,22)(H2,19,20,23). The summed E-state index contributed by atoms with van der Waals surface area (Å²) in [6.07, 6.45) is 0. The van der Waals surface area contributed by atoms with E-state index in [0.717, 1.165) is 28.2 Å². The number of aromatic amines is 1. The molecule has 0 aliphatic rings. The second-order valence-electron chi connectivity index (χ2n) is 5.31. The molecule has 0 unspecified atom stereocenters. The molecule has 116 valence electrons. The molecule has 3 N–H and O–H groups in total. The molecule has 0 fully saturated rings. The van der Waals surface area contributed by atoms with E-state index in [9.17, 15) is 4.79 Å². The van der Waals surface area contributed by atoms with Gasteiger partial charge in [0.1, 0.15) is 0 Å². The zero-order valence-corrected chi connectivity index (χ0v) is 12.8. The van der Waals surface area contributed by atoms with E-state index in [1.807, 2.05) is 67.6 Å². The SMILES string of the molecule is Cc1cc(-c2cccc(NC(=O)NCc3ccccc3)c2)n[nH]1. The third-order valence-electron chi connectivity index (χ3n) is 3.42. The fourth-order valence-corrected chi connectivity index (χ4v) is 2.28. The van der Waals surface area contributed by atoms with Crippen LogP contribution >= 0.6 is 0 Å². The number of urea groups is 1. The zero-order chi connectivity index (χ0) is 16.1. The van der Waals surface area contributed by atoms with Gasteiger partial charge in [-0.15, -0.1) is 0 Å². The average Bonchev–Trinajstić information content (AvgIpc) is 3.01. The molecule has 0 saturated carbocycles. The first-order chi connectivity index (χ1) is 11.2. The van der Waals surface area contributed by atoms with Gasteiger partial charge in [-0.3, -0.25) is 5.10 Å². The molecule has 0 saturated heterocycles. The van der Waals surface area contributed by atoms with Gasteiger partial charge in [0.15, 0.2) is 0 Å². The Morgan fingerprint density at radius 2 is 1.91 bits per heavy atom. The van der Waals surface area contributed by atoms with Crippen LogP contribution in [0.2, 0.25) is 0 Å². The van der Waals surface area contributed by atoms with Crippen LogP contribution < -0.4 is 10.6 Å². The van der Waals surface area contributed by atoms with E-state index in [4.69, 9.17) is 0 Å². The maximum Gasteiger partial charge on any atom is 0.319 e. The molecule has 1 heterocycles. The molecule has 0 bridgehead atoms. The number of nitrogens with one attached hydrogen (secondary N) is 3. The lowest BCUT2D eigenvalue weighted by Gasteiger charge is -2.08. The van der Waals surface area contributed by atoms with Crippen molar-refractivity contribution in [3.8, 4) is 11.3 Å². The predicted octanol–water partition coefficient (Wildman–Crippen LogP) is 3.71. The highest BCUT2D eigenvalue weighted by Crippen LogP contribution is 2.21. The number of rotatable bonds is 4. The Bertz CT molecular complexity index is 796. The summed E-state index contributed by atoms with van der Waals surface area (Å²) in [4.78, 5) is 12.0. The van der Waals surface area contributed by atoms with Gasteiger partial charge in [0, 0.05) is 23.5 Å². The number of hydrogen-bond donors (Lipinski definition) is 3. The number of anilines is 1. The fraction of sp³-hybridized carbons (Fsp3) is 0.111. The highest BCUT2D eigenvalue weighted by molar-refractivity contribution is 5.90. The molecule has 0 aliphatic heterocycles. The Morgan fingerprint density at radius 1 is 1.09 bits per heavy atom. The molecule has 0 atom stereocenters. The minimum absolute atomic E-state index is 0.232. The van der Waals surface area contributed by atoms with Crippen LogP contribution in [0.4, 0.5) is 10.5 Å². The van der Waals surface area contributed by atoms with E-state index in [1.54, 1.807) is 0 Å². The van der Waals surface area contributed by atoms with E-state index in [1.165, 1.54) is 0 Å². The lowest BCUT2D eigenvalue weighted by molar-refractivity contribution is 0.251. The summed E-state index contributed by atoms with van der Waals surface area (Å²) in [5.74, 6) is 0. The molecule has 0 radical (unpaired) electrons. The monoisotopic (exact) mass is 306 g/mol. The van der Waals surface area contributed by atoms with Crippen LogP contribution in [0.25, 0.3) is 11.3 Å². The number of aromatic nitrogens is 2. The summed E-state index contributed by atoms with van der Waals surface area (Å²) in [6.45, 7) is 2.44. The number of hydrogen-bond acceptors (Lipinski definition) is 2. The quantitative estimate of drug-likeness (QED) is 0.687. The number of carbonyl (C=O) groups is 1. The Morgan fingerprint density at radius 3 is 2.65 bits per heavy atom. The van der Waals surface area contributed by atoms with Crippen LogP contribution in [0, 0.1) is 6.92 Å². The fourth-order valence-electron chi connectivity index (χ4n) is 2.28. The minimum atomic E-state index is -0.232. The van der Waals surface area contributed by atoms with Crippen LogP contribution in [0.15, 0.2) is 60.7 Å². The van der Waals surface area contributed by atoms with Crippen LogP contribution in [-0.2, 0) is 6.54 Å². The maximum atomic E-state index is 12.0. The van der Waals surface area contributed by atoms with Gasteiger partial charge in [0.05, 0.1) is 5.69 Å². The van der Waals surface area contributed by atoms with Crippen molar-refractivity contribution < 1.29 is 4.79 Å². The molecule has 0 spiro atoms. The van der Waals surface area contributed by atoms with E-state index in [0.29, 0.717) is 6.54 Å². The minimum Gasteiger partial charge on any atom is -0.334 e. The molecule has 3 rings (SSSR count). The lowest BCUT2D eigenvalue weighted by atomic mass is 10.1. The summed E-state index contributed by atoms with van der Waals surface area (Å²) in [5.41, 5.74) is 4.60. The number of H-pyrrole nitrogens is 1. The highest BCUT2D eigenvalue weighted by atomic mass is 16.2. The normalized spacial score (nSPS) is 10.3. The summed E-state index contributed by atoms with van der Waals surface area (Å²) >= 11 is 0. The van der Waals surface area contributed by atoms with E-state index in [2.05, 4.69) is 20.8 Å². The number of carbonyl (C=O) groups excluding carboxylic acids is 1. The molecule has 1 aromatic heterocycles. The second-order valence-corrected chi connectivity index (χ2v) is 5.31. The smallest absolute Gasteiger partial charge is 0.319 e. The lowest BCUT2D eigenvalue weighted by Crippen LogP contribution is -2.28. The van der Waals surface area contributed by atoms with E-state index in [-0.39, 0.29) is 6.03 Å². The molecule has 5 nitrogen and oxygen atoms in total. The summed E-state index contributed by atoms with van der Waals surface area (Å²) in [7, 11) is 0. The van der Waals surface area contributed by atoms with Crippen molar-refractivity contribution in [3.63, 3.8) is 0 Å². The Balaban J connectivity index is 1.62. The molecule has 2 amide bonds. The topological polar surface area (TPSA) is 69.8 Å². The molecule has 0 aliphatic carbocycles. The van der Waals surface area contributed by atoms with Crippen molar-refractivity contribution in [3.05, 3.63) is 71.9 Å². The van der Waals surface area contributed by atoms with Gasteiger partial charge in [0.25, 0.3) is 0 Å². The Labute approximate surface area is 134 Å². The first-order valence-corrected chi connectivity index (χ1v) is 7.42. The first-order valence-electron chi connectivity index (χ1n) is 7.42. The van der Waals surface area contributed by atoms with Crippen molar-refractivity contribution in [1.82, 2.24) is 15.5 Å². The number of nitrogens with zero attached hydrogens (tertiary/aromatic N) is 1. The van der Waals surface area contributed by atoms with Crippen LogP contribution in [0.3, 0.4) is 0 Å². The zero-order valence-electron chi connectivity index (χ0n) is 12.8. The average molecular weight is 306 g/mol. The largest absolute Gasteiger partial charge is 0.334 e. The van der Waals surface area contributed by atoms with E-state index >= 15 is 0 Å². The second kappa shape index (κ2) is 6.79. The van der Waals surface area contributed by atoms with Gasteiger partial charge in [-0.1, -0.05) is 42.5 Å². The maximum absolute atomic E-state index is 12.0. The van der Waals surface area contributed by atoms with Crippen molar-refractivity contribution in [2.75, 3.05) is 5.32 Å². The first kappa shape index (κ1) is 14.8. The number of benzene rings is 2. The van der Waals surface area contributed by atoms with Crippen molar-refractivity contribution in [2.24, 2.45) is 0 Å². The molecular weight excluding hydrogens is 288 g/mol. The highest BCUT2D eigenvalue weighted by Gasteiger charge is 2.05. The van der Waals surface area contributed by atoms with Crippen molar-refractivity contribution in [2.45, 2.75) is 13.5 Å². The number of amides is 2. The van der Waals surface area contributed by atoms with Crippen molar-refractivity contribution >= 4 is 11.7 Å². The van der Waals surface area contributed by atoms with Crippen LogP contribution in [0.1, 0.15) is 11.3 Å². The van der Waals surface area contributed by atoms with Gasteiger partial charge < -0.3 is 10.6 Å². The third kappa shape index (κ3) is 3.97. The molecular formula is C18H18N4O. The molecule has 3 aromatic rings. The van der Waals surface area contributed by atoms with Gasteiger partial charge >= 0.3 is 6.03 Å². The number of aryl methyl sites for hydroxylation is 1. The summed E-state index contributed by atoms with van der Waals surface area (Å²) in [6, 6.07) is 19.1. The van der Waals surface area contributed by atoms with Gasteiger partial charge in [0.2, 0.25) is 0 Å². The van der Waals surface area contributed by atoms with Crippen molar-refractivity contribution in [1.29, 1.82) is 0 Å². The van der Waals surface area contributed by atoms with Crippen LogP contribution in [-0.4, -0.2) is 16.2 Å². The summed E-state index contributed by atoms with van der Waals surface area (Å²) < 4.78 is 0. The predicted molar refractivity (Wildman–Crippen MR) is 91.1 cm³/mol. The Kier molecular flexibility index (Phi) is 4.38.